The first-order valence-electron chi connectivity index (χ1n) is 8.94. The molecular weight excluding hydrogens is 373 g/mol. The summed E-state index contributed by atoms with van der Waals surface area (Å²) >= 11 is 12.0. The summed E-state index contributed by atoms with van der Waals surface area (Å²) in [6.45, 7) is 11.0. The topological polar surface area (TPSA) is 52.7 Å². The van der Waals surface area contributed by atoms with Crippen LogP contribution in [0.25, 0.3) is 0 Å². The molecule has 0 aromatic heterocycles. The van der Waals surface area contributed by atoms with Crippen molar-refractivity contribution in [2.45, 2.75) is 53.1 Å². The Morgan fingerprint density at radius 2 is 1.69 bits per heavy atom. The summed E-state index contributed by atoms with van der Waals surface area (Å²) in [5, 5.41) is 3.67. The summed E-state index contributed by atoms with van der Waals surface area (Å²) in [6.07, 6.45) is 0.853. The van der Waals surface area contributed by atoms with E-state index in [1.54, 1.807) is 18.2 Å². The molecular formula is C19H29Cl2N3O2. The van der Waals surface area contributed by atoms with Gasteiger partial charge in [0.2, 0.25) is 11.8 Å². The monoisotopic (exact) mass is 401 g/mol. The fraction of sp³-hybridized carbons (Fsp3) is 0.579. The van der Waals surface area contributed by atoms with Crippen molar-refractivity contribution >= 4 is 40.7 Å². The Labute approximate surface area is 166 Å². The van der Waals surface area contributed by atoms with Crippen LogP contribution in [0.2, 0.25) is 10.0 Å². The van der Waals surface area contributed by atoms with Crippen molar-refractivity contribution in [1.82, 2.24) is 9.80 Å². The molecule has 7 heteroatoms. The lowest BCUT2D eigenvalue weighted by Gasteiger charge is -2.33. The van der Waals surface area contributed by atoms with E-state index in [0.717, 1.165) is 6.42 Å². The van der Waals surface area contributed by atoms with Crippen molar-refractivity contribution in [2.24, 2.45) is 0 Å². The predicted molar refractivity (Wildman–Crippen MR) is 109 cm³/mol. The quantitative estimate of drug-likeness (QED) is 0.671. The molecule has 0 spiro atoms. The summed E-state index contributed by atoms with van der Waals surface area (Å²) < 4.78 is 0. The molecule has 146 valence electrons. The maximum Gasteiger partial charge on any atom is 0.238 e. The molecule has 0 unspecified atom stereocenters. The molecule has 26 heavy (non-hydrogen) atoms. The number of halogens is 2. The molecule has 1 aromatic rings. The van der Waals surface area contributed by atoms with Crippen LogP contribution in [-0.4, -0.2) is 53.3 Å². The smallest absolute Gasteiger partial charge is 0.238 e. The number of hydrogen-bond donors (Lipinski definition) is 1. The lowest BCUT2D eigenvalue weighted by molar-refractivity contribution is -0.136. The van der Waals surface area contributed by atoms with E-state index in [1.165, 1.54) is 0 Å². The molecule has 0 saturated carbocycles. The van der Waals surface area contributed by atoms with Crippen molar-refractivity contribution in [3.8, 4) is 0 Å². The molecule has 0 atom stereocenters. The first-order chi connectivity index (χ1) is 12.1. The molecule has 1 aromatic carbocycles. The fourth-order valence-electron chi connectivity index (χ4n) is 2.96. The third-order valence-corrected chi connectivity index (χ3v) is 4.42. The number of hydrogen-bond acceptors (Lipinski definition) is 3. The van der Waals surface area contributed by atoms with E-state index in [0.29, 0.717) is 22.3 Å². The number of carbonyl (C=O) groups excluding carboxylic acids is 2. The van der Waals surface area contributed by atoms with E-state index in [2.05, 4.69) is 5.32 Å². The first-order valence-corrected chi connectivity index (χ1v) is 9.69. The molecule has 5 nitrogen and oxygen atoms in total. The van der Waals surface area contributed by atoms with E-state index in [4.69, 9.17) is 23.2 Å². The van der Waals surface area contributed by atoms with Gasteiger partial charge in [0.15, 0.2) is 0 Å². The van der Waals surface area contributed by atoms with Crippen molar-refractivity contribution in [2.75, 3.05) is 25.0 Å². The van der Waals surface area contributed by atoms with Gasteiger partial charge >= 0.3 is 0 Å². The molecule has 0 bridgehead atoms. The Morgan fingerprint density at radius 1 is 1.08 bits per heavy atom. The van der Waals surface area contributed by atoms with Crippen LogP contribution in [0.15, 0.2) is 18.2 Å². The number of benzene rings is 1. The zero-order valence-corrected chi connectivity index (χ0v) is 17.7. The second-order valence-electron chi connectivity index (χ2n) is 6.87. The van der Waals surface area contributed by atoms with Gasteiger partial charge in [-0.05, 0) is 58.9 Å². The largest absolute Gasteiger partial charge is 0.337 e. The van der Waals surface area contributed by atoms with Gasteiger partial charge < -0.3 is 10.2 Å². The minimum atomic E-state index is -0.212. The normalized spacial score (nSPS) is 11.3. The Kier molecular flexibility index (Phi) is 9.41. The molecule has 0 aliphatic carbocycles. The van der Waals surface area contributed by atoms with Gasteiger partial charge in [-0.15, -0.1) is 0 Å². The molecule has 1 rings (SSSR count). The lowest BCUT2D eigenvalue weighted by Crippen LogP contribution is -2.48. The Balaban J connectivity index is 2.74. The van der Waals surface area contributed by atoms with Crippen LogP contribution in [0.5, 0.6) is 0 Å². The van der Waals surface area contributed by atoms with E-state index in [9.17, 15) is 9.59 Å². The summed E-state index contributed by atoms with van der Waals surface area (Å²) in [4.78, 5) is 28.7. The molecule has 0 aliphatic rings. The SMILES string of the molecule is CCCN(CC(=O)Nc1ccc(Cl)cc1Cl)CC(=O)N(C(C)C)C(C)C. The zero-order valence-electron chi connectivity index (χ0n) is 16.2. The van der Waals surface area contributed by atoms with Crippen molar-refractivity contribution in [1.29, 1.82) is 0 Å². The van der Waals surface area contributed by atoms with Crippen molar-refractivity contribution in [3.05, 3.63) is 28.2 Å². The second-order valence-corrected chi connectivity index (χ2v) is 7.72. The Hall–Kier alpha value is -1.30. The number of amides is 2. The van der Waals surface area contributed by atoms with E-state index in [-0.39, 0.29) is 37.0 Å². The highest BCUT2D eigenvalue weighted by Crippen LogP contribution is 2.25. The average Bonchev–Trinajstić information content (AvgIpc) is 2.49. The molecule has 0 fully saturated rings. The minimum absolute atomic E-state index is 0.0285. The van der Waals surface area contributed by atoms with Crippen LogP contribution in [0, 0.1) is 0 Å². The van der Waals surface area contributed by atoms with Crippen LogP contribution in [0.4, 0.5) is 5.69 Å². The van der Waals surface area contributed by atoms with E-state index < -0.39 is 0 Å². The van der Waals surface area contributed by atoms with Gasteiger partial charge in [0, 0.05) is 17.1 Å². The van der Waals surface area contributed by atoms with Crippen LogP contribution >= 0.6 is 23.2 Å². The number of nitrogens with one attached hydrogen (secondary N) is 1. The van der Waals surface area contributed by atoms with E-state index in [1.807, 2.05) is 44.4 Å². The Bertz CT molecular complexity index is 613. The van der Waals surface area contributed by atoms with Gasteiger partial charge in [-0.3, -0.25) is 14.5 Å². The second kappa shape index (κ2) is 10.8. The molecule has 2 amide bonds. The average molecular weight is 402 g/mol. The highest BCUT2D eigenvalue weighted by atomic mass is 35.5. The fourth-order valence-corrected chi connectivity index (χ4v) is 3.41. The van der Waals surface area contributed by atoms with Gasteiger partial charge in [0.1, 0.15) is 0 Å². The van der Waals surface area contributed by atoms with Gasteiger partial charge in [-0.1, -0.05) is 30.1 Å². The number of anilines is 1. The van der Waals surface area contributed by atoms with Gasteiger partial charge in [0.25, 0.3) is 0 Å². The third kappa shape index (κ3) is 7.14. The maximum atomic E-state index is 12.7. The summed E-state index contributed by atoms with van der Waals surface area (Å²) in [5.41, 5.74) is 0.509. The molecule has 0 heterocycles. The summed E-state index contributed by atoms with van der Waals surface area (Å²) in [7, 11) is 0. The number of rotatable bonds is 9. The maximum absolute atomic E-state index is 12.7. The number of nitrogens with zero attached hydrogens (tertiary/aromatic N) is 2. The highest BCUT2D eigenvalue weighted by Gasteiger charge is 2.23. The summed E-state index contributed by atoms with van der Waals surface area (Å²) in [6, 6.07) is 5.15. The predicted octanol–water partition coefficient (Wildman–Crippen LogP) is 4.29. The van der Waals surface area contributed by atoms with Gasteiger partial charge in [-0.2, -0.15) is 0 Å². The molecule has 1 N–H and O–H groups in total. The van der Waals surface area contributed by atoms with Crippen molar-refractivity contribution in [3.63, 3.8) is 0 Å². The van der Waals surface area contributed by atoms with Gasteiger partial charge in [-0.25, -0.2) is 0 Å². The van der Waals surface area contributed by atoms with Crippen molar-refractivity contribution < 1.29 is 9.59 Å². The van der Waals surface area contributed by atoms with Crippen LogP contribution in [0.3, 0.4) is 0 Å². The molecule has 0 saturated heterocycles. The van der Waals surface area contributed by atoms with Crippen LogP contribution < -0.4 is 5.32 Å². The van der Waals surface area contributed by atoms with Crippen LogP contribution in [-0.2, 0) is 9.59 Å². The third-order valence-electron chi connectivity index (χ3n) is 3.87. The lowest BCUT2D eigenvalue weighted by atomic mass is 10.2. The van der Waals surface area contributed by atoms with Crippen LogP contribution in [0.1, 0.15) is 41.0 Å². The Morgan fingerprint density at radius 3 is 2.19 bits per heavy atom. The molecule has 0 radical (unpaired) electrons. The van der Waals surface area contributed by atoms with E-state index >= 15 is 0 Å². The highest BCUT2D eigenvalue weighted by molar-refractivity contribution is 6.36. The minimum Gasteiger partial charge on any atom is -0.337 e. The standard InChI is InChI=1S/C19H29Cl2N3O2/c1-6-9-23(12-19(26)24(13(2)3)14(4)5)11-18(25)22-17-8-7-15(20)10-16(17)21/h7-8,10,13-14H,6,9,11-12H2,1-5H3,(H,22,25). The molecule has 0 aliphatic heterocycles. The number of carbonyl (C=O) groups is 2. The summed E-state index contributed by atoms with van der Waals surface area (Å²) in [5.74, 6) is -0.183. The first kappa shape index (κ1) is 22.7. The van der Waals surface area contributed by atoms with Gasteiger partial charge in [0.05, 0.1) is 23.8 Å². The zero-order chi connectivity index (χ0) is 19.9.